The molecule has 0 unspecified atom stereocenters. The Morgan fingerprint density at radius 3 is 1.78 bits per heavy atom. The van der Waals surface area contributed by atoms with Crippen molar-refractivity contribution in [2.24, 2.45) is 0 Å². The molecule has 0 aromatic heterocycles. The highest BCUT2D eigenvalue weighted by molar-refractivity contribution is 5.40. The first-order chi connectivity index (χ1) is 4.18. The molecule has 0 aliphatic rings. The van der Waals surface area contributed by atoms with Gasteiger partial charge in [0.1, 0.15) is 0 Å². The van der Waals surface area contributed by atoms with Gasteiger partial charge < -0.3 is 0 Å². The number of hydrogen-bond acceptors (Lipinski definition) is 1. The lowest BCUT2D eigenvalue weighted by Gasteiger charge is -1.92. The van der Waals surface area contributed by atoms with Crippen molar-refractivity contribution in [2.45, 2.75) is 0 Å². The molecule has 0 saturated heterocycles. The van der Waals surface area contributed by atoms with Gasteiger partial charge in [0.05, 0.1) is 0 Å². The third-order valence-electron chi connectivity index (χ3n) is 1.07. The van der Waals surface area contributed by atoms with Crippen LogP contribution in [-0.2, 0) is 0 Å². The maximum atomic E-state index is 5.48. The van der Waals surface area contributed by atoms with E-state index in [1.165, 1.54) is 0 Å². The molecule has 0 spiro atoms. The van der Waals surface area contributed by atoms with Gasteiger partial charge in [-0.3, -0.25) is 0 Å². The van der Waals surface area contributed by atoms with E-state index in [1.54, 1.807) is 0 Å². The third-order valence-corrected chi connectivity index (χ3v) is 1.07. The quantitative estimate of drug-likeness (QED) is 0.487. The highest BCUT2D eigenvalue weighted by Crippen LogP contribution is 2.07. The zero-order valence-electron chi connectivity index (χ0n) is 5.22. The zero-order chi connectivity index (χ0) is 6.85. The number of rotatable bonds is 0. The molecule has 1 nitrogen and oxygen atoms in total. The number of nitrogens with two attached hydrogens (primary N) is 1. The number of nitrogen functional groups attached to an aromatic ring is 1. The average Bonchev–Trinajstić information content (AvgIpc) is 1.59. The molecule has 0 atom stereocenters. The van der Waals surface area contributed by atoms with Crippen LogP contribution in [0.3, 0.4) is 0 Å². The van der Waals surface area contributed by atoms with Gasteiger partial charge in [-0.05, 0) is 25.0 Å². The Kier molecular flexibility index (Phi) is 1.54. The highest BCUT2D eigenvalue weighted by Gasteiger charge is 1.93. The fourth-order valence-corrected chi connectivity index (χ4v) is 0.791. The minimum absolute atomic E-state index is 0.729. The van der Waals surface area contributed by atoms with Gasteiger partial charge in [-0.1, -0.05) is 6.07 Å². The molecular weight excluding hydrogens is 110 g/mol. The van der Waals surface area contributed by atoms with Gasteiger partial charge in [0.2, 0.25) is 0 Å². The smallest absolute Gasteiger partial charge is 0.160 e. The summed E-state index contributed by atoms with van der Waals surface area (Å²) in [5.74, 6) is 0. The van der Waals surface area contributed by atoms with Crippen molar-refractivity contribution >= 4 is 5.69 Å². The van der Waals surface area contributed by atoms with E-state index in [-0.39, 0.29) is 0 Å². The summed E-state index contributed by atoms with van der Waals surface area (Å²) < 4.78 is 0. The van der Waals surface area contributed by atoms with E-state index >= 15 is 0 Å². The monoisotopic (exact) mass is 119 g/mol. The maximum absolute atomic E-state index is 5.48. The van der Waals surface area contributed by atoms with E-state index in [0.717, 1.165) is 16.8 Å². The second-order valence-electron chi connectivity index (χ2n) is 2.08. The number of benzene rings is 1. The molecule has 9 heavy (non-hydrogen) atoms. The SMILES string of the molecule is [CH2]c1cc([CH2])cc([NH2+])c1. The molecule has 1 heteroatoms. The average molecular weight is 119 g/mol. The van der Waals surface area contributed by atoms with Crippen LogP contribution < -0.4 is 5.73 Å². The van der Waals surface area contributed by atoms with Gasteiger partial charge in [0, 0.05) is 12.1 Å². The Bertz CT molecular complexity index is 165. The van der Waals surface area contributed by atoms with Gasteiger partial charge in [0.25, 0.3) is 0 Å². The molecule has 0 aliphatic carbocycles. The summed E-state index contributed by atoms with van der Waals surface area (Å²) in [6.45, 7) is 7.44. The predicted octanol–water partition coefficient (Wildman–Crippen LogP) is 0.710. The van der Waals surface area contributed by atoms with Crippen LogP contribution in [0.5, 0.6) is 0 Å². The summed E-state index contributed by atoms with van der Waals surface area (Å²) in [5, 5.41) is 0. The van der Waals surface area contributed by atoms with Crippen LogP contribution in [0.4, 0.5) is 5.69 Å². The molecule has 1 rings (SSSR count). The summed E-state index contributed by atoms with van der Waals surface area (Å²) in [7, 11) is 0. The second kappa shape index (κ2) is 2.19. The van der Waals surface area contributed by atoms with Gasteiger partial charge in [0.15, 0.2) is 5.69 Å². The zero-order valence-corrected chi connectivity index (χ0v) is 5.22. The van der Waals surface area contributed by atoms with Crippen LogP contribution in [0, 0.1) is 13.8 Å². The van der Waals surface area contributed by atoms with Crippen molar-refractivity contribution in [3.05, 3.63) is 43.2 Å². The molecule has 45 valence electrons. The van der Waals surface area contributed by atoms with Crippen molar-refractivity contribution in [2.75, 3.05) is 0 Å². The highest BCUT2D eigenvalue weighted by atomic mass is 14.5. The lowest BCUT2D eigenvalue weighted by molar-refractivity contribution is -0.254. The van der Waals surface area contributed by atoms with Gasteiger partial charge in [-0.15, -0.1) is 0 Å². The molecule has 3 radical (unpaired) electrons. The fraction of sp³-hybridized carbons (Fsp3) is 0. The van der Waals surface area contributed by atoms with E-state index in [0.29, 0.717) is 0 Å². The summed E-state index contributed by atoms with van der Waals surface area (Å²) in [5.41, 5.74) is 8.04. The summed E-state index contributed by atoms with van der Waals surface area (Å²) >= 11 is 0. The van der Waals surface area contributed by atoms with E-state index in [2.05, 4.69) is 13.8 Å². The molecule has 0 saturated carbocycles. The predicted molar refractivity (Wildman–Crippen MR) is 36.9 cm³/mol. The van der Waals surface area contributed by atoms with Crippen LogP contribution in [0.25, 0.3) is 0 Å². The minimum atomic E-state index is 0.729. The second-order valence-corrected chi connectivity index (χ2v) is 2.08. The molecule has 0 amide bonds. The Balaban J connectivity index is 3.17. The molecule has 1 aromatic carbocycles. The van der Waals surface area contributed by atoms with Crippen molar-refractivity contribution in [1.82, 2.24) is 0 Å². The Labute approximate surface area is 55.5 Å². The van der Waals surface area contributed by atoms with Gasteiger partial charge in [-0.25, -0.2) is 0 Å². The van der Waals surface area contributed by atoms with Gasteiger partial charge in [-0.2, -0.15) is 5.73 Å². The third kappa shape index (κ3) is 1.54. The maximum Gasteiger partial charge on any atom is 0.177 e. The van der Waals surface area contributed by atoms with E-state index in [1.807, 2.05) is 18.2 Å². The Morgan fingerprint density at radius 2 is 1.44 bits per heavy atom. The summed E-state index contributed by atoms with van der Waals surface area (Å²) in [6, 6.07) is 5.51. The van der Waals surface area contributed by atoms with E-state index < -0.39 is 0 Å². The van der Waals surface area contributed by atoms with E-state index in [4.69, 9.17) is 5.73 Å². The number of anilines is 1. The first kappa shape index (κ1) is 6.30. The van der Waals surface area contributed by atoms with Crippen molar-refractivity contribution in [3.8, 4) is 0 Å². The normalized spacial score (nSPS) is 9.67. The summed E-state index contributed by atoms with van der Waals surface area (Å²) in [6.07, 6.45) is 0. The molecule has 0 aliphatic heterocycles. The molecule has 0 heterocycles. The van der Waals surface area contributed by atoms with Crippen molar-refractivity contribution < 1.29 is 5.73 Å². The molecule has 0 fully saturated rings. The molecule has 0 bridgehead atoms. The van der Waals surface area contributed by atoms with Crippen molar-refractivity contribution in [3.63, 3.8) is 0 Å². The van der Waals surface area contributed by atoms with Crippen LogP contribution in [0.1, 0.15) is 11.1 Å². The van der Waals surface area contributed by atoms with Crippen LogP contribution >= 0.6 is 0 Å². The van der Waals surface area contributed by atoms with Crippen LogP contribution in [0.15, 0.2) is 18.2 Å². The van der Waals surface area contributed by atoms with Crippen LogP contribution in [-0.4, -0.2) is 0 Å². The van der Waals surface area contributed by atoms with E-state index in [9.17, 15) is 0 Å². The largest absolute Gasteiger partial charge is 0.177 e. The Hall–Kier alpha value is -0.820. The minimum Gasteiger partial charge on any atom is -0.160 e. The molecular formula is C8H9N+. The molecule has 2 N–H and O–H groups in total. The first-order valence-corrected chi connectivity index (χ1v) is 2.73. The van der Waals surface area contributed by atoms with Crippen molar-refractivity contribution in [1.29, 1.82) is 0 Å². The summed E-state index contributed by atoms with van der Waals surface area (Å²) in [4.78, 5) is 0. The van der Waals surface area contributed by atoms with Crippen LogP contribution in [0.2, 0.25) is 0 Å². The fourth-order valence-electron chi connectivity index (χ4n) is 0.791. The Morgan fingerprint density at radius 1 is 1.00 bits per heavy atom. The topological polar surface area (TPSA) is 25.3 Å². The molecule has 1 aromatic rings. The first-order valence-electron chi connectivity index (χ1n) is 2.73. The lowest BCUT2D eigenvalue weighted by Crippen LogP contribution is -2.40. The number of hydrogen-bond donors (Lipinski definition) is 1. The lowest BCUT2D eigenvalue weighted by atomic mass is 10.1. The van der Waals surface area contributed by atoms with Gasteiger partial charge >= 0.3 is 0 Å². The standard InChI is InChI=1S/C8H9N/c1-6-3-7(2)5-8(9)4-6/h3-5H,1-2,9H2/q+1.